The molecule has 0 atom stereocenters. The number of anilines is 2. The third-order valence-corrected chi connectivity index (χ3v) is 2.40. The lowest BCUT2D eigenvalue weighted by molar-refractivity contribution is 0.791. The summed E-state index contributed by atoms with van der Waals surface area (Å²) in [7, 11) is 0. The molecule has 0 aliphatic carbocycles. The first-order valence-electron chi connectivity index (χ1n) is 6.57. The highest BCUT2D eigenvalue weighted by Gasteiger charge is 2.07. The molecule has 0 aromatic carbocycles. The van der Waals surface area contributed by atoms with E-state index in [1.165, 1.54) is 0 Å². The third-order valence-electron chi connectivity index (χ3n) is 2.40. The Labute approximate surface area is 112 Å². The molecule has 0 bridgehead atoms. The summed E-state index contributed by atoms with van der Waals surface area (Å²) in [6.45, 7) is 5.85. The maximum atomic E-state index is 4.35. The Balaban J connectivity index is 2.25. The van der Waals surface area contributed by atoms with E-state index in [4.69, 9.17) is 0 Å². The van der Waals surface area contributed by atoms with Crippen LogP contribution in [0.3, 0.4) is 0 Å². The molecule has 0 aliphatic rings. The highest BCUT2D eigenvalue weighted by Crippen LogP contribution is 2.08. The molecular formula is C12H19N7. The van der Waals surface area contributed by atoms with Crippen molar-refractivity contribution in [1.82, 2.24) is 24.7 Å². The molecule has 0 unspecified atom stereocenters. The Hall–Kier alpha value is -2.18. The quantitative estimate of drug-likeness (QED) is 0.789. The van der Waals surface area contributed by atoms with E-state index < -0.39 is 0 Å². The van der Waals surface area contributed by atoms with E-state index in [1.807, 2.05) is 12.3 Å². The Kier molecular flexibility index (Phi) is 4.66. The van der Waals surface area contributed by atoms with Crippen molar-refractivity contribution in [3.05, 3.63) is 18.5 Å². The van der Waals surface area contributed by atoms with E-state index >= 15 is 0 Å². The molecule has 2 heterocycles. The SMILES string of the molecule is CCCNc1nc(NCCC)nc(-n2cccn2)n1. The number of aromatic nitrogens is 5. The van der Waals surface area contributed by atoms with Gasteiger partial charge >= 0.3 is 0 Å². The van der Waals surface area contributed by atoms with Gasteiger partial charge in [-0.3, -0.25) is 0 Å². The van der Waals surface area contributed by atoms with Crippen molar-refractivity contribution in [3.8, 4) is 5.95 Å². The third kappa shape index (κ3) is 3.64. The van der Waals surface area contributed by atoms with Crippen LogP contribution in [-0.2, 0) is 0 Å². The minimum Gasteiger partial charge on any atom is -0.354 e. The van der Waals surface area contributed by atoms with Gasteiger partial charge in [-0.25, -0.2) is 4.68 Å². The van der Waals surface area contributed by atoms with Gasteiger partial charge in [0.25, 0.3) is 5.95 Å². The second kappa shape index (κ2) is 6.67. The first-order chi connectivity index (χ1) is 9.33. The van der Waals surface area contributed by atoms with Crippen LogP contribution in [-0.4, -0.2) is 37.8 Å². The first kappa shape index (κ1) is 13.3. The smallest absolute Gasteiger partial charge is 0.257 e. The Bertz CT molecular complexity index is 469. The van der Waals surface area contributed by atoms with Crippen molar-refractivity contribution in [1.29, 1.82) is 0 Å². The fourth-order valence-corrected chi connectivity index (χ4v) is 1.49. The van der Waals surface area contributed by atoms with E-state index in [1.54, 1.807) is 10.9 Å². The van der Waals surface area contributed by atoms with Gasteiger partial charge in [-0.2, -0.15) is 20.1 Å². The molecule has 2 N–H and O–H groups in total. The largest absolute Gasteiger partial charge is 0.354 e. The first-order valence-corrected chi connectivity index (χ1v) is 6.57. The average molecular weight is 261 g/mol. The zero-order chi connectivity index (χ0) is 13.5. The standard InChI is InChI=1S/C12H19N7/c1-3-6-13-10-16-11(14-7-4-2)18-12(17-10)19-9-5-8-15-19/h5,8-9H,3-4,6-7H2,1-2H3,(H2,13,14,16,17,18). The van der Waals surface area contributed by atoms with Crippen LogP contribution in [0.25, 0.3) is 5.95 Å². The summed E-state index contributed by atoms with van der Waals surface area (Å²) in [5.74, 6) is 1.65. The van der Waals surface area contributed by atoms with Crippen LogP contribution in [0.1, 0.15) is 26.7 Å². The minimum atomic E-state index is 0.511. The second-order valence-corrected chi connectivity index (χ2v) is 4.09. The molecule has 0 fully saturated rings. The van der Waals surface area contributed by atoms with Gasteiger partial charge in [-0.15, -0.1) is 0 Å². The van der Waals surface area contributed by atoms with E-state index in [9.17, 15) is 0 Å². The van der Waals surface area contributed by atoms with Crippen molar-refractivity contribution in [2.75, 3.05) is 23.7 Å². The van der Waals surface area contributed by atoms with Gasteiger partial charge in [-0.05, 0) is 18.9 Å². The maximum absolute atomic E-state index is 4.35. The van der Waals surface area contributed by atoms with Crippen LogP contribution in [0.4, 0.5) is 11.9 Å². The zero-order valence-corrected chi connectivity index (χ0v) is 11.3. The molecule has 7 nitrogen and oxygen atoms in total. The Morgan fingerprint density at radius 1 is 1.00 bits per heavy atom. The fourth-order valence-electron chi connectivity index (χ4n) is 1.49. The minimum absolute atomic E-state index is 0.511. The van der Waals surface area contributed by atoms with Gasteiger partial charge in [0.1, 0.15) is 0 Å². The van der Waals surface area contributed by atoms with Crippen molar-refractivity contribution >= 4 is 11.9 Å². The zero-order valence-electron chi connectivity index (χ0n) is 11.3. The maximum Gasteiger partial charge on any atom is 0.257 e. The summed E-state index contributed by atoms with van der Waals surface area (Å²) >= 11 is 0. The normalized spacial score (nSPS) is 10.4. The molecule has 0 amide bonds. The molecule has 0 saturated heterocycles. The molecule has 2 rings (SSSR count). The van der Waals surface area contributed by atoms with Crippen LogP contribution < -0.4 is 10.6 Å². The van der Waals surface area contributed by atoms with Crippen LogP contribution in [0.2, 0.25) is 0 Å². The van der Waals surface area contributed by atoms with Gasteiger partial charge < -0.3 is 10.6 Å². The monoisotopic (exact) mass is 261 g/mol. The van der Waals surface area contributed by atoms with Gasteiger partial charge in [-0.1, -0.05) is 13.8 Å². The number of nitrogens with one attached hydrogen (secondary N) is 2. The number of hydrogen-bond acceptors (Lipinski definition) is 6. The van der Waals surface area contributed by atoms with Crippen LogP contribution >= 0.6 is 0 Å². The summed E-state index contributed by atoms with van der Waals surface area (Å²) in [4.78, 5) is 13.0. The van der Waals surface area contributed by atoms with E-state index in [2.05, 4.69) is 44.5 Å². The highest BCUT2D eigenvalue weighted by molar-refractivity contribution is 5.37. The number of nitrogens with zero attached hydrogens (tertiary/aromatic N) is 5. The molecule has 0 aliphatic heterocycles. The summed E-state index contributed by atoms with van der Waals surface area (Å²) in [6.07, 6.45) is 5.53. The van der Waals surface area contributed by atoms with E-state index in [0.29, 0.717) is 17.8 Å². The van der Waals surface area contributed by atoms with E-state index in [-0.39, 0.29) is 0 Å². The Morgan fingerprint density at radius 3 is 2.11 bits per heavy atom. The van der Waals surface area contributed by atoms with Crippen molar-refractivity contribution in [3.63, 3.8) is 0 Å². The summed E-state index contributed by atoms with van der Waals surface area (Å²) < 4.78 is 1.62. The molecule has 0 radical (unpaired) electrons. The van der Waals surface area contributed by atoms with Crippen LogP contribution in [0, 0.1) is 0 Å². The summed E-state index contributed by atoms with van der Waals surface area (Å²) in [5, 5.41) is 10.5. The molecule has 2 aromatic heterocycles. The predicted octanol–water partition coefficient (Wildman–Crippen LogP) is 1.70. The topological polar surface area (TPSA) is 80.5 Å². The van der Waals surface area contributed by atoms with E-state index in [0.717, 1.165) is 25.9 Å². The lowest BCUT2D eigenvalue weighted by atomic mass is 10.5. The lowest BCUT2D eigenvalue weighted by Crippen LogP contribution is -2.13. The highest BCUT2D eigenvalue weighted by atomic mass is 15.4. The van der Waals surface area contributed by atoms with Crippen molar-refractivity contribution in [2.45, 2.75) is 26.7 Å². The molecule has 19 heavy (non-hydrogen) atoms. The van der Waals surface area contributed by atoms with Gasteiger partial charge in [0.2, 0.25) is 11.9 Å². The fraction of sp³-hybridized carbons (Fsp3) is 0.500. The molecular weight excluding hydrogens is 242 g/mol. The second-order valence-electron chi connectivity index (χ2n) is 4.09. The lowest BCUT2D eigenvalue weighted by Gasteiger charge is -2.09. The molecule has 102 valence electrons. The van der Waals surface area contributed by atoms with Crippen molar-refractivity contribution < 1.29 is 0 Å². The molecule has 0 spiro atoms. The predicted molar refractivity (Wildman–Crippen MR) is 74.5 cm³/mol. The number of rotatable bonds is 7. The summed E-state index contributed by atoms with van der Waals surface area (Å²) in [5.41, 5.74) is 0. The molecule has 0 saturated carbocycles. The van der Waals surface area contributed by atoms with Gasteiger partial charge in [0, 0.05) is 25.5 Å². The number of hydrogen-bond donors (Lipinski definition) is 2. The van der Waals surface area contributed by atoms with Crippen molar-refractivity contribution in [2.24, 2.45) is 0 Å². The van der Waals surface area contributed by atoms with Crippen LogP contribution in [0.5, 0.6) is 0 Å². The molecule has 7 heteroatoms. The molecule has 2 aromatic rings. The summed E-state index contributed by atoms with van der Waals surface area (Å²) in [6, 6.07) is 1.84. The van der Waals surface area contributed by atoms with Gasteiger partial charge in [0.15, 0.2) is 0 Å². The van der Waals surface area contributed by atoms with Gasteiger partial charge in [0.05, 0.1) is 0 Å². The Morgan fingerprint density at radius 2 is 1.63 bits per heavy atom. The average Bonchev–Trinajstić information content (AvgIpc) is 2.97. The van der Waals surface area contributed by atoms with Crippen LogP contribution in [0.15, 0.2) is 18.5 Å².